The Morgan fingerprint density at radius 1 is 0.386 bits per heavy atom. The Bertz CT molecular complexity index is 3370. The van der Waals surface area contributed by atoms with Crippen LogP contribution in [-0.4, -0.2) is 4.40 Å². The molecule has 0 spiro atoms. The number of benzene rings is 6. The van der Waals surface area contributed by atoms with Crippen LogP contribution in [0.15, 0.2) is 186 Å². The molecule has 0 unspecified atom stereocenters. The summed E-state index contributed by atoms with van der Waals surface area (Å²) in [5.74, 6) is 0. The van der Waals surface area contributed by atoms with Gasteiger partial charge in [-0.2, -0.15) is 0 Å². The fraction of sp³-hybridized carbons (Fsp3) is 0.0385. The van der Waals surface area contributed by atoms with Crippen molar-refractivity contribution in [2.45, 2.75) is 12.8 Å². The highest BCUT2D eigenvalue weighted by molar-refractivity contribution is 7.22. The molecule has 1 aliphatic rings. The Balaban J connectivity index is 1.23. The van der Waals surface area contributed by atoms with E-state index in [2.05, 4.69) is 140 Å². The van der Waals surface area contributed by atoms with Gasteiger partial charge in [-0.1, -0.05) is 152 Å². The summed E-state index contributed by atoms with van der Waals surface area (Å²) in [5.41, 5.74) is 11.3. The predicted molar refractivity (Wildman–Crippen MR) is 243 cm³/mol. The van der Waals surface area contributed by atoms with Crippen molar-refractivity contribution in [3.8, 4) is 43.8 Å². The number of allylic oxidation sites excluding steroid dienone is 4. The molecule has 0 amide bonds. The van der Waals surface area contributed by atoms with Gasteiger partial charge in [0.05, 0.1) is 5.52 Å². The third kappa shape index (κ3) is 5.46. The predicted octanol–water partition coefficient (Wildman–Crippen LogP) is 13.6. The summed E-state index contributed by atoms with van der Waals surface area (Å²) in [7, 11) is 0. The summed E-state index contributed by atoms with van der Waals surface area (Å²) in [5, 5.41) is 3.55. The molecule has 0 bridgehead atoms. The molecule has 270 valence electrons. The van der Waals surface area contributed by atoms with E-state index in [0.717, 1.165) is 94.2 Å². The highest BCUT2D eigenvalue weighted by atomic mass is 32.1. The lowest BCUT2D eigenvalue weighted by atomic mass is 9.90. The lowest BCUT2D eigenvalue weighted by Crippen LogP contribution is -2.26. The maximum absolute atomic E-state index is 14.9. The average Bonchev–Trinajstić information content (AvgIpc) is 3.94. The lowest BCUT2D eigenvalue weighted by molar-refractivity contribution is 1.04. The van der Waals surface area contributed by atoms with Crippen LogP contribution in [0.3, 0.4) is 0 Å². The fourth-order valence-electron chi connectivity index (χ4n) is 8.68. The molecule has 0 atom stereocenters. The number of fused-ring (bicyclic) bond motifs is 4. The summed E-state index contributed by atoms with van der Waals surface area (Å²) in [6.45, 7) is 0. The standard InChI is InChI=1S/C52H33NO2S2/c54-51-49-44(30-46(56-49)40-26-14-12-23-37(40)33-18-6-2-7-19-33)42-28-35(39-25-11-10-22-36(39)32-16-4-1-5-17-32)29-43-45-31-47(57-50(45)52(55)53(51)48(42)43)41-27-15-13-24-38(41)34-20-8-3-9-21-34/h1-12,14,16-31H,13,15H2. The first-order valence-electron chi connectivity index (χ1n) is 19.2. The zero-order chi connectivity index (χ0) is 38.0. The van der Waals surface area contributed by atoms with E-state index in [1.165, 1.54) is 32.6 Å². The molecule has 4 aromatic heterocycles. The van der Waals surface area contributed by atoms with Gasteiger partial charge in [0.2, 0.25) is 0 Å². The number of pyridine rings is 2. The van der Waals surface area contributed by atoms with Crippen molar-refractivity contribution in [3.05, 3.63) is 207 Å². The minimum atomic E-state index is -0.267. The van der Waals surface area contributed by atoms with E-state index < -0.39 is 0 Å². The highest BCUT2D eigenvalue weighted by Crippen LogP contribution is 2.46. The fourth-order valence-corrected chi connectivity index (χ4v) is 11.0. The minimum absolute atomic E-state index is 0.260. The summed E-state index contributed by atoms with van der Waals surface area (Å²) < 4.78 is 2.64. The number of nitrogens with zero attached hydrogens (tertiary/aromatic N) is 1. The normalized spacial score (nSPS) is 13.1. The van der Waals surface area contributed by atoms with Crippen molar-refractivity contribution in [1.29, 1.82) is 0 Å². The van der Waals surface area contributed by atoms with Gasteiger partial charge in [-0.25, -0.2) is 4.40 Å². The van der Waals surface area contributed by atoms with E-state index in [1.807, 2.05) is 36.4 Å². The van der Waals surface area contributed by atoms with Gasteiger partial charge in [-0.15, -0.1) is 22.7 Å². The molecule has 0 saturated carbocycles. The molecule has 57 heavy (non-hydrogen) atoms. The van der Waals surface area contributed by atoms with E-state index in [9.17, 15) is 9.59 Å². The van der Waals surface area contributed by atoms with Gasteiger partial charge in [0.15, 0.2) is 0 Å². The number of thiophene rings is 2. The lowest BCUT2D eigenvalue weighted by Gasteiger charge is -2.15. The van der Waals surface area contributed by atoms with Crippen LogP contribution in [0, 0.1) is 0 Å². The van der Waals surface area contributed by atoms with Crippen LogP contribution in [-0.2, 0) is 0 Å². The molecule has 6 aromatic carbocycles. The molecule has 0 fully saturated rings. The van der Waals surface area contributed by atoms with Crippen LogP contribution in [0.4, 0.5) is 0 Å². The monoisotopic (exact) mass is 767 g/mol. The second-order valence-electron chi connectivity index (χ2n) is 14.6. The molecule has 0 aliphatic heterocycles. The van der Waals surface area contributed by atoms with E-state index in [0.29, 0.717) is 14.9 Å². The molecule has 5 heteroatoms. The van der Waals surface area contributed by atoms with Crippen LogP contribution >= 0.6 is 22.7 Å². The Kier molecular flexibility index (Phi) is 7.98. The van der Waals surface area contributed by atoms with Crippen molar-refractivity contribution in [1.82, 2.24) is 4.40 Å². The van der Waals surface area contributed by atoms with Crippen molar-refractivity contribution in [3.63, 3.8) is 0 Å². The molecular formula is C52H33NO2S2. The largest absolute Gasteiger partial charge is 0.276 e. The number of aromatic nitrogens is 1. The number of rotatable bonds is 6. The van der Waals surface area contributed by atoms with Gasteiger partial charge in [0.1, 0.15) is 9.40 Å². The first-order valence-corrected chi connectivity index (χ1v) is 20.9. The molecule has 0 saturated heterocycles. The second kappa shape index (κ2) is 13.5. The van der Waals surface area contributed by atoms with Crippen molar-refractivity contribution in [2.24, 2.45) is 0 Å². The zero-order valence-corrected chi connectivity index (χ0v) is 32.4. The summed E-state index contributed by atoms with van der Waals surface area (Å²) >= 11 is 2.97. The Hall–Kier alpha value is -6.66. The maximum Gasteiger partial charge on any atom is 0.276 e. The van der Waals surface area contributed by atoms with E-state index in [-0.39, 0.29) is 11.1 Å². The van der Waals surface area contributed by atoms with Crippen LogP contribution in [0.1, 0.15) is 23.3 Å². The first-order chi connectivity index (χ1) is 28.1. The van der Waals surface area contributed by atoms with Gasteiger partial charge in [-0.05, 0) is 92.8 Å². The van der Waals surface area contributed by atoms with E-state index >= 15 is 0 Å². The topological polar surface area (TPSA) is 38.5 Å². The average molecular weight is 768 g/mol. The zero-order valence-electron chi connectivity index (χ0n) is 30.7. The third-order valence-corrected chi connectivity index (χ3v) is 13.6. The quantitative estimate of drug-likeness (QED) is 0.169. The smallest absolute Gasteiger partial charge is 0.267 e. The van der Waals surface area contributed by atoms with Crippen molar-refractivity contribution in [2.75, 3.05) is 0 Å². The van der Waals surface area contributed by atoms with E-state index in [4.69, 9.17) is 0 Å². The highest BCUT2D eigenvalue weighted by Gasteiger charge is 2.25. The van der Waals surface area contributed by atoms with Crippen LogP contribution < -0.4 is 11.1 Å². The Morgan fingerprint density at radius 3 is 1.37 bits per heavy atom. The van der Waals surface area contributed by atoms with Gasteiger partial charge in [0, 0.05) is 31.3 Å². The van der Waals surface area contributed by atoms with Crippen molar-refractivity contribution >= 4 is 70.3 Å². The molecule has 0 N–H and O–H groups in total. The molecule has 4 heterocycles. The van der Waals surface area contributed by atoms with Gasteiger partial charge < -0.3 is 0 Å². The number of hydrogen-bond donors (Lipinski definition) is 0. The molecule has 0 radical (unpaired) electrons. The Labute approximate surface area is 336 Å². The minimum Gasteiger partial charge on any atom is -0.267 e. The SMILES string of the molecule is O=c1c2sc(C3=CCCC=C3c3ccccc3)cc2c2cc(-c3ccccc3-c3ccccc3)cc3c4cc(-c5ccccc5-c5ccccc5)sc4c(=O)n1c23. The van der Waals surface area contributed by atoms with E-state index in [1.54, 1.807) is 0 Å². The third-order valence-electron chi connectivity index (χ3n) is 11.3. The summed E-state index contributed by atoms with van der Waals surface area (Å²) in [6.07, 6.45) is 6.52. The molecule has 10 aromatic rings. The van der Waals surface area contributed by atoms with Gasteiger partial charge in [0.25, 0.3) is 11.1 Å². The van der Waals surface area contributed by atoms with Crippen molar-refractivity contribution < 1.29 is 0 Å². The molecule has 11 rings (SSSR count). The van der Waals surface area contributed by atoms with Gasteiger partial charge >= 0.3 is 0 Å². The molecule has 1 aliphatic carbocycles. The molecular weight excluding hydrogens is 735 g/mol. The summed E-state index contributed by atoms with van der Waals surface area (Å²) in [4.78, 5) is 31.7. The number of hydrogen-bond acceptors (Lipinski definition) is 4. The van der Waals surface area contributed by atoms with Crippen LogP contribution in [0.5, 0.6) is 0 Å². The van der Waals surface area contributed by atoms with Crippen LogP contribution in [0.2, 0.25) is 0 Å². The second-order valence-corrected chi connectivity index (χ2v) is 16.7. The van der Waals surface area contributed by atoms with Crippen LogP contribution in [0.25, 0.3) is 91.4 Å². The Morgan fingerprint density at radius 2 is 0.807 bits per heavy atom. The summed E-state index contributed by atoms with van der Waals surface area (Å²) in [6, 6.07) is 57.0. The maximum atomic E-state index is 14.9. The first kappa shape index (κ1) is 33.7. The molecule has 3 nitrogen and oxygen atoms in total. The van der Waals surface area contributed by atoms with Gasteiger partial charge in [-0.3, -0.25) is 9.59 Å².